The lowest BCUT2D eigenvalue weighted by molar-refractivity contribution is -0.121. The van der Waals surface area contributed by atoms with E-state index in [1.165, 1.54) is 21.3 Å². The molecule has 1 aliphatic rings. The van der Waals surface area contributed by atoms with Crippen LogP contribution in [0.4, 0.5) is 0 Å². The van der Waals surface area contributed by atoms with Crippen molar-refractivity contribution in [2.45, 2.75) is 60.4 Å². The first-order valence-electron chi connectivity index (χ1n) is 9.43. The first-order chi connectivity index (χ1) is 12.2. The maximum Gasteiger partial charge on any atom is 0.262 e. The van der Waals surface area contributed by atoms with E-state index in [0.29, 0.717) is 18.4 Å². The van der Waals surface area contributed by atoms with Crippen LogP contribution in [0, 0.1) is 17.3 Å². The van der Waals surface area contributed by atoms with Crippen LogP contribution in [-0.4, -0.2) is 22.0 Å². The quantitative estimate of drug-likeness (QED) is 0.891. The first kappa shape index (κ1) is 19.1. The topological polar surface area (TPSA) is 64.0 Å². The number of rotatable bonds is 4. The highest BCUT2D eigenvalue weighted by atomic mass is 32.1. The third kappa shape index (κ3) is 3.85. The third-order valence-electron chi connectivity index (χ3n) is 5.28. The summed E-state index contributed by atoms with van der Waals surface area (Å²) in [5.41, 5.74) is 1.36. The molecule has 0 spiro atoms. The van der Waals surface area contributed by atoms with Crippen LogP contribution in [0.1, 0.15) is 51.5 Å². The summed E-state index contributed by atoms with van der Waals surface area (Å²) in [4.78, 5) is 31.7. The van der Waals surface area contributed by atoms with Crippen molar-refractivity contribution in [1.82, 2.24) is 14.9 Å². The van der Waals surface area contributed by atoms with Gasteiger partial charge in [-0.25, -0.2) is 4.98 Å². The third-order valence-corrected chi connectivity index (χ3v) is 6.44. The largest absolute Gasteiger partial charge is 0.354 e. The molecule has 0 bridgehead atoms. The summed E-state index contributed by atoms with van der Waals surface area (Å²) in [6.45, 7) is 11.6. The van der Waals surface area contributed by atoms with Gasteiger partial charge in [-0.15, -0.1) is 11.3 Å². The molecule has 1 atom stereocenters. The van der Waals surface area contributed by atoms with Gasteiger partial charge in [0.05, 0.1) is 11.7 Å². The molecule has 0 aromatic carbocycles. The Labute approximate surface area is 158 Å². The lowest BCUT2D eigenvalue weighted by Crippen LogP contribution is -2.34. The number of hydrogen-bond donors (Lipinski definition) is 1. The summed E-state index contributed by atoms with van der Waals surface area (Å²) in [5.74, 6) is 0.877. The van der Waals surface area contributed by atoms with E-state index in [4.69, 9.17) is 0 Å². The summed E-state index contributed by atoms with van der Waals surface area (Å²) in [7, 11) is 0. The minimum atomic E-state index is -0.140. The van der Waals surface area contributed by atoms with Gasteiger partial charge in [0, 0.05) is 11.4 Å². The van der Waals surface area contributed by atoms with Crippen LogP contribution in [0.5, 0.6) is 0 Å². The Balaban J connectivity index is 1.89. The molecule has 142 valence electrons. The molecule has 1 amide bonds. The Bertz CT molecular complexity index is 874. The number of amides is 1. The van der Waals surface area contributed by atoms with Crippen LogP contribution < -0.4 is 10.9 Å². The van der Waals surface area contributed by atoms with E-state index in [-0.39, 0.29) is 23.4 Å². The van der Waals surface area contributed by atoms with Crippen molar-refractivity contribution in [1.29, 1.82) is 0 Å². The van der Waals surface area contributed by atoms with Gasteiger partial charge in [0.15, 0.2) is 0 Å². The molecule has 0 saturated carbocycles. The van der Waals surface area contributed by atoms with Crippen LogP contribution in [-0.2, 0) is 24.2 Å². The fourth-order valence-corrected chi connectivity index (χ4v) is 4.84. The fourth-order valence-electron chi connectivity index (χ4n) is 3.58. The SMILES string of the molecule is CC(C)CNC(=O)Cn1cnc2sc3c(c2c1=O)CC[C@@H](C(C)(C)C)C3. The van der Waals surface area contributed by atoms with Crippen molar-refractivity contribution < 1.29 is 4.79 Å². The average Bonchev–Trinajstić information content (AvgIpc) is 2.93. The normalized spacial score (nSPS) is 17.5. The molecule has 0 saturated heterocycles. The van der Waals surface area contributed by atoms with Gasteiger partial charge in [0.1, 0.15) is 11.4 Å². The predicted molar refractivity (Wildman–Crippen MR) is 107 cm³/mol. The van der Waals surface area contributed by atoms with Crippen LogP contribution in [0.2, 0.25) is 0 Å². The van der Waals surface area contributed by atoms with Gasteiger partial charge in [-0.1, -0.05) is 34.6 Å². The molecule has 5 nitrogen and oxygen atoms in total. The van der Waals surface area contributed by atoms with E-state index in [0.717, 1.165) is 29.5 Å². The first-order valence-corrected chi connectivity index (χ1v) is 10.2. The lowest BCUT2D eigenvalue weighted by atomic mass is 9.72. The Hall–Kier alpha value is -1.69. The average molecular weight is 376 g/mol. The van der Waals surface area contributed by atoms with Crippen LogP contribution >= 0.6 is 11.3 Å². The summed E-state index contributed by atoms with van der Waals surface area (Å²) >= 11 is 1.65. The number of nitrogens with one attached hydrogen (secondary N) is 1. The highest BCUT2D eigenvalue weighted by Gasteiger charge is 2.31. The summed E-state index contributed by atoms with van der Waals surface area (Å²) < 4.78 is 1.45. The van der Waals surface area contributed by atoms with Gasteiger partial charge in [-0.3, -0.25) is 14.2 Å². The van der Waals surface area contributed by atoms with Crippen LogP contribution in [0.25, 0.3) is 10.2 Å². The molecule has 1 N–H and O–H groups in total. The highest BCUT2D eigenvalue weighted by molar-refractivity contribution is 7.18. The molecule has 0 radical (unpaired) electrons. The van der Waals surface area contributed by atoms with Crippen molar-refractivity contribution in [3.8, 4) is 0 Å². The second-order valence-electron chi connectivity index (χ2n) is 8.87. The standard InChI is InChI=1S/C20H29N3O2S/c1-12(2)9-21-16(24)10-23-11-22-18-17(19(23)25)14-7-6-13(20(3,4)5)8-15(14)26-18/h11-13H,6-10H2,1-5H3,(H,21,24)/t13-/m1/s1. The molecule has 0 unspecified atom stereocenters. The Kier molecular flexibility index (Phi) is 5.24. The minimum Gasteiger partial charge on any atom is -0.354 e. The number of carbonyl (C=O) groups excluding carboxylic acids is 1. The molecular weight excluding hydrogens is 346 g/mol. The number of fused-ring (bicyclic) bond motifs is 3. The van der Waals surface area contributed by atoms with Gasteiger partial charge in [0.25, 0.3) is 5.56 Å². The van der Waals surface area contributed by atoms with E-state index in [1.807, 2.05) is 13.8 Å². The molecule has 2 aromatic rings. The van der Waals surface area contributed by atoms with Gasteiger partial charge in [0.2, 0.25) is 5.91 Å². The minimum absolute atomic E-state index is 0.0315. The maximum atomic E-state index is 13.0. The number of carbonyl (C=O) groups is 1. The van der Waals surface area contributed by atoms with Crippen molar-refractivity contribution in [3.63, 3.8) is 0 Å². The molecule has 3 rings (SSSR count). The number of hydrogen-bond acceptors (Lipinski definition) is 4. The molecule has 2 heterocycles. The smallest absolute Gasteiger partial charge is 0.262 e. The van der Waals surface area contributed by atoms with E-state index in [2.05, 4.69) is 31.1 Å². The Morgan fingerprint density at radius 3 is 2.81 bits per heavy atom. The summed E-state index contributed by atoms with van der Waals surface area (Å²) in [6, 6.07) is 0. The van der Waals surface area contributed by atoms with Crippen LogP contribution in [0.15, 0.2) is 11.1 Å². The van der Waals surface area contributed by atoms with Gasteiger partial charge in [-0.2, -0.15) is 0 Å². The molecule has 0 aliphatic heterocycles. The zero-order chi connectivity index (χ0) is 19.1. The summed E-state index contributed by atoms with van der Waals surface area (Å²) in [6.07, 6.45) is 4.57. The molecule has 6 heteroatoms. The molecule has 0 fully saturated rings. The second-order valence-corrected chi connectivity index (χ2v) is 9.95. The van der Waals surface area contributed by atoms with Gasteiger partial charge < -0.3 is 5.32 Å². The van der Waals surface area contributed by atoms with E-state index < -0.39 is 0 Å². The zero-order valence-electron chi connectivity index (χ0n) is 16.4. The van der Waals surface area contributed by atoms with E-state index >= 15 is 0 Å². The van der Waals surface area contributed by atoms with Gasteiger partial charge in [-0.05, 0) is 42.1 Å². The molecule has 1 aliphatic carbocycles. The molecule has 2 aromatic heterocycles. The monoisotopic (exact) mass is 375 g/mol. The Morgan fingerprint density at radius 2 is 2.15 bits per heavy atom. The highest BCUT2D eigenvalue weighted by Crippen LogP contribution is 2.41. The molecule has 26 heavy (non-hydrogen) atoms. The maximum absolute atomic E-state index is 13.0. The van der Waals surface area contributed by atoms with Crippen molar-refractivity contribution in [3.05, 3.63) is 27.1 Å². The van der Waals surface area contributed by atoms with Crippen molar-refractivity contribution >= 4 is 27.5 Å². The van der Waals surface area contributed by atoms with Crippen LogP contribution in [0.3, 0.4) is 0 Å². The zero-order valence-corrected chi connectivity index (χ0v) is 17.2. The van der Waals surface area contributed by atoms with Crippen molar-refractivity contribution in [2.75, 3.05) is 6.54 Å². The number of nitrogens with zero attached hydrogens (tertiary/aromatic N) is 2. The lowest BCUT2D eigenvalue weighted by Gasteiger charge is -2.33. The molecular formula is C20H29N3O2S. The summed E-state index contributed by atoms with van der Waals surface area (Å²) in [5, 5.41) is 3.59. The van der Waals surface area contributed by atoms with Crippen molar-refractivity contribution in [2.24, 2.45) is 17.3 Å². The van der Waals surface area contributed by atoms with Gasteiger partial charge >= 0.3 is 0 Å². The van der Waals surface area contributed by atoms with E-state index in [1.54, 1.807) is 11.3 Å². The predicted octanol–water partition coefficient (Wildman–Crippen LogP) is 3.38. The Morgan fingerprint density at radius 1 is 1.42 bits per heavy atom. The number of aromatic nitrogens is 2. The number of thiophene rings is 1. The number of aryl methyl sites for hydroxylation is 1. The second kappa shape index (κ2) is 7.14. The van der Waals surface area contributed by atoms with E-state index in [9.17, 15) is 9.59 Å². The fraction of sp³-hybridized carbons (Fsp3) is 0.650.